The third kappa shape index (κ3) is 2.66. The summed E-state index contributed by atoms with van der Waals surface area (Å²) in [6.07, 6.45) is -2.94. The van der Waals surface area contributed by atoms with Crippen LogP contribution < -0.4 is 4.74 Å². The van der Waals surface area contributed by atoms with Gasteiger partial charge in [0.05, 0.1) is 17.7 Å². The molecule has 1 aliphatic rings. The molecule has 1 aromatic rings. The van der Waals surface area contributed by atoms with Crippen LogP contribution in [0.3, 0.4) is 0 Å². The minimum atomic E-state index is -4.44. The number of halogens is 3. The lowest BCUT2D eigenvalue weighted by Gasteiger charge is -2.12. The van der Waals surface area contributed by atoms with Crippen molar-refractivity contribution in [3.63, 3.8) is 0 Å². The summed E-state index contributed by atoms with van der Waals surface area (Å²) in [5, 5.41) is 0. The maximum atomic E-state index is 12.6. The summed E-state index contributed by atoms with van der Waals surface area (Å²) in [6, 6.07) is 3.06. The van der Waals surface area contributed by atoms with Crippen LogP contribution in [0.5, 0.6) is 5.75 Å². The van der Waals surface area contributed by atoms with Crippen molar-refractivity contribution < 1.29 is 22.7 Å². The molecule has 0 atom stereocenters. The summed E-state index contributed by atoms with van der Waals surface area (Å²) < 4.78 is 43.1. The zero-order valence-corrected chi connectivity index (χ0v) is 9.88. The highest BCUT2D eigenvalue weighted by molar-refractivity contribution is 6.01. The molecule has 0 radical (unpaired) electrons. The second-order valence-electron chi connectivity index (χ2n) is 4.28. The molecule has 0 amide bonds. The van der Waals surface area contributed by atoms with Crippen molar-refractivity contribution in [3.05, 3.63) is 29.3 Å². The van der Waals surface area contributed by atoms with E-state index in [1.807, 2.05) is 0 Å². The van der Waals surface area contributed by atoms with E-state index >= 15 is 0 Å². The van der Waals surface area contributed by atoms with E-state index in [-0.39, 0.29) is 23.0 Å². The van der Waals surface area contributed by atoms with Gasteiger partial charge in [-0.3, -0.25) is 4.79 Å². The first-order valence-corrected chi connectivity index (χ1v) is 5.81. The molecule has 1 aromatic carbocycles. The molecule has 0 heterocycles. The molecular formula is C13H13F3O2. The smallest absolute Gasteiger partial charge is 0.416 e. The number of Topliss-reactive ketones (excluding diaryl/α,β-unsaturated/α-hetero) is 1. The number of benzene rings is 1. The Morgan fingerprint density at radius 2 is 2.06 bits per heavy atom. The van der Waals surface area contributed by atoms with Gasteiger partial charge in [0, 0.05) is 5.92 Å². The molecule has 0 unspecified atom stereocenters. The summed E-state index contributed by atoms with van der Waals surface area (Å²) in [7, 11) is 0. The normalized spacial score (nSPS) is 15.6. The van der Waals surface area contributed by atoms with Crippen LogP contribution in [-0.2, 0) is 6.18 Å². The summed E-state index contributed by atoms with van der Waals surface area (Å²) in [5.74, 6) is -0.139. The maximum absolute atomic E-state index is 12.6. The molecular weight excluding hydrogens is 245 g/mol. The zero-order chi connectivity index (χ0) is 13.3. The van der Waals surface area contributed by atoms with Gasteiger partial charge in [-0.15, -0.1) is 0 Å². The molecule has 0 saturated heterocycles. The monoisotopic (exact) mass is 258 g/mol. The van der Waals surface area contributed by atoms with E-state index in [4.69, 9.17) is 4.74 Å². The first-order valence-electron chi connectivity index (χ1n) is 5.81. The van der Waals surface area contributed by atoms with Gasteiger partial charge in [-0.05, 0) is 38.0 Å². The summed E-state index contributed by atoms with van der Waals surface area (Å²) in [4.78, 5) is 11.9. The van der Waals surface area contributed by atoms with Crippen molar-refractivity contribution in [2.45, 2.75) is 25.9 Å². The van der Waals surface area contributed by atoms with Crippen LogP contribution in [-0.4, -0.2) is 12.4 Å². The highest BCUT2D eigenvalue weighted by atomic mass is 19.4. The van der Waals surface area contributed by atoms with Gasteiger partial charge in [-0.25, -0.2) is 0 Å². The molecule has 0 spiro atoms. The van der Waals surface area contributed by atoms with Crippen LogP contribution in [0.1, 0.15) is 35.7 Å². The van der Waals surface area contributed by atoms with Gasteiger partial charge in [0.25, 0.3) is 0 Å². The fourth-order valence-corrected chi connectivity index (χ4v) is 1.75. The number of alkyl halides is 3. The quantitative estimate of drug-likeness (QED) is 0.770. The van der Waals surface area contributed by atoms with Gasteiger partial charge in [0.2, 0.25) is 0 Å². The van der Waals surface area contributed by atoms with Crippen molar-refractivity contribution >= 4 is 5.78 Å². The van der Waals surface area contributed by atoms with Gasteiger partial charge in [0.15, 0.2) is 5.78 Å². The van der Waals surface area contributed by atoms with E-state index in [1.165, 1.54) is 6.07 Å². The van der Waals surface area contributed by atoms with Gasteiger partial charge in [-0.1, -0.05) is 0 Å². The molecule has 2 rings (SSSR count). The van der Waals surface area contributed by atoms with Crippen molar-refractivity contribution in [1.82, 2.24) is 0 Å². The molecule has 18 heavy (non-hydrogen) atoms. The highest BCUT2D eigenvalue weighted by Gasteiger charge is 2.35. The van der Waals surface area contributed by atoms with Crippen LogP contribution >= 0.6 is 0 Å². The topological polar surface area (TPSA) is 26.3 Å². The van der Waals surface area contributed by atoms with Crippen molar-refractivity contribution in [2.75, 3.05) is 6.61 Å². The second kappa shape index (κ2) is 4.63. The largest absolute Gasteiger partial charge is 0.493 e. The van der Waals surface area contributed by atoms with Crippen LogP contribution in [0.15, 0.2) is 18.2 Å². The zero-order valence-electron chi connectivity index (χ0n) is 9.88. The predicted octanol–water partition coefficient (Wildman–Crippen LogP) is 3.70. The number of hydrogen-bond donors (Lipinski definition) is 0. The third-order valence-corrected chi connectivity index (χ3v) is 2.82. The minimum absolute atomic E-state index is 0.0502. The van der Waals surface area contributed by atoms with E-state index < -0.39 is 11.7 Å². The first-order chi connectivity index (χ1) is 8.43. The maximum Gasteiger partial charge on any atom is 0.416 e. The predicted molar refractivity (Wildman–Crippen MR) is 59.7 cm³/mol. The molecule has 1 fully saturated rings. The van der Waals surface area contributed by atoms with Crippen LogP contribution in [0.4, 0.5) is 13.2 Å². The number of rotatable bonds is 4. The van der Waals surface area contributed by atoms with E-state index in [0.29, 0.717) is 6.61 Å². The third-order valence-electron chi connectivity index (χ3n) is 2.82. The lowest BCUT2D eigenvalue weighted by Crippen LogP contribution is -2.10. The molecule has 98 valence electrons. The van der Waals surface area contributed by atoms with Crippen molar-refractivity contribution in [1.29, 1.82) is 0 Å². The lowest BCUT2D eigenvalue weighted by molar-refractivity contribution is -0.137. The van der Waals surface area contributed by atoms with E-state index in [0.717, 1.165) is 25.0 Å². The standard InChI is InChI=1S/C13H13F3O2/c1-2-18-11-6-5-9(13(14,15)16)7-10(11)12(17)8-3-4-8/h5-8H,2-4H2,1H3. The lowest BCUT2D eigenvalue weighted by atomic mass is 10.0. The Labute approximate surface area is 103 Å². The number of hydrogen-bond acceptors (Lipinski definition) is 2. The van der Waals surface area contributed by atoms with Gasteiger partial charge < -0.3 is 4.74 Å². The number of ketones is 1. The van der Waals surface area contributed by atoms with E-state index in [2.05, 4.69) is 0 Å². The fourth-order valence-electron chi connectivity index (χ4n) is 1.75. The highest BCUT2D eigenvalue weighted by Crippen LogP contribution is 2.38. The van der Waals surface area contributed by atoms with Gasteiger partial charge in [0.1, 0.15) is 5.75 Å². The summed E-state index contributed by atoms with van der Waals surface area (Å²) in [6.45, 7) is 2.04. The van der Waals surface area contributed by atoms with Crippen LogP contribution in [0, 0.1) is 5.92 Å². The van der Waals surface area contributed by atoms with Crippen LogP contribution in [0.25, 0.3) is 0 Å². The first kappa shape index (κ1) is 12.9. The van der Waals surface area contributed by atoms with Gasteiger partial charge >= 0.3 is 6.18 Å². The molecule has 1 saturated carbocycles. The summed E-state index contributed by atoms with van der Waals surface area (Å²) in [5.41, 5.74) is -0.760. The summed E-state index contributed by atoms with van der Waals surface area (Å²) >= 11 is 0. The van der Waals surface area contributed by atoms with Crippen LogP contribution in [0.2, 0.25) is 0 Å². The SMILES string of the molecule is CCOc1ccc(C(F)(F)F)cc1C(=O)C1CC1. The number of carbonyl (C=O) groups is 1. The molecule has 0 aromatic heterocycles. The Kier molecular flexibility index (Phi) is 3.32. The Balaban J connectivity index is 2.40. The number of ether oxygens (including phenoxy) is 1. The number of carbonyl (C=O) groups excluding carboxylic acids is 1. The molecule has 0 N–H and O–H groups in total. The Bertz CT molecular complexity index is 462. The van der Waals surface area contributed by atoms with E-state index in [9.17, 15) is 18.0 Å². The molecule has 1 aliphatic carbocycles. The molecule has 5 heteroatoms. The fraction of sp³-hybridized carbons (Fsp3) is 0.462. The van der Waals surface area contributed by atoms with Crippen molar-refractivity contribution in [2.24, 2.45) is 5.92 Å². The van der Waals surface area contributed by atoms with E-state index in [1.54, 1.807) is 6.92 Å². The van der Waals surface area contributed by atoms with Gasteiger partial charge in [-0.2, -0.15) is 13.2 Å². The minimum Gasteiger partial charge on any atom is -0.493 e. The Morgan fingerprint density at radius 1 is 1.39 bits per heavy atom. The second-order valence-corrected chi connectivity index (χ2v) is 4.28. The Morgan fingerprint density at radius 3 is 2.56 bits per heavy atom. The average molecular weight is 258 g/mol. The average Bonchev–Trinajstić information content (AvgIpc) is 3.11. The molecule has 0 bridgehead atoms. The molecule has 2 nitrogen and oxygen atoms in total. The Hall–Kier alpha value is -1.52. The molecule has 0 aliphatic heterocycles. The van der Waals surface area contributed by atoms with Crippen molar-refractivity contribution in [3.8, 4) is 5.75 Å².